The van der Waals surface area contributed by atoms with E-state index < -0.39 is 0 Å². The largest absolute Gasteiger partial charge is 0.497 e. The van der Waals surface area contributed by atoms with Crippen LogP contribution in [-0.4, -0.2) is 33.5 Å². The minimum atomic E-state index is -0.108. The summed E-state index contributed by atoms with van der Waals surface area (Å²) >= 11 is 7.43. The first-order chi connectivity index (χ1) is 17.0. The van der Waals surface area contributed by atoms with E-state index in [4.69, 9.17) is 16.3 Å². The van der Waals surface area contributed by atoms with Gasteiger partial charge in [-0.05, 0) is 78.6 Å². The fourth-order valence-electron chi connectivity index (χ4n) is 3.57. The fraction of sp³-hybridized carbons (Fsp3) is 0.222. The molecule has 4 rings (SSSR count). The first-order valence-corrected chi connectivity index (χ1v) is 12.7. The highest BCUT2D eigenvalue weighted by molar-refractivity contribution is 7.99. The fourth-order valence-corrected chi connectivity index (χ4v) is 4.45. The van der Waals surface area contributed by atoms with Gasteiger partial charge in [-0.2, -0.15) is 0 Å². The van der Waals surface area contributed by atoms with Gasteiger partial charge < -0.3 is 10.1 Å². The van der Waals surface area contributed by atoms with Gasteiger partial charge in [-0.3, -0.25) is 9.36 Å². The van der Waals surface area contributed by atoms with Crippen molar-refractivity contribution in [3.63, 3.8) is 0 Å². The van der Waals surface area contributed by atoms with E-state index in [0.29, 0.717) is 21.9 Å². The summed E-state index contributed by atoms with van der Waals surface area (Å²) in [6.07, 6.45) is 1.08. The van der Waals surface area contributed by atoms with Gasteiger partial charge in [-0.25, -0.2) is 0 Å². The van der Waals surface area contributed by atoms with Crippen LogP contribution in [0.1, 0.15) is 31.7 Å². The topological polar surface area (TPSA) is 69.0 Å². The molecule has 0 spiro atoms. The van der Waals surface area contributed by atoms with Crippen molar-refractivity contribution < 1.29 is 9.53 Å². The van der Waals surface area contributed by atoms with Gasteiger partial charge in [0.2, 0.25) is 5.91 Å². The number of hydrogen-bond donors (Lipinski definition) is 1. The van der Waals surface area contributed by atoms with Crippen molar-refractivity contribution in [1.82, 2.24) is 14.8 Å². The number of aromatic nitrogens is 3. The number of halogens is 1. The Kier molecular flexibility index (Phi) is 8.10. The Morgan fingerprint density at radius 2 is 1.71 bits per heavy atom. The summed E-state index contributed by atoms with van der Waals surface area (Å²) in [6, 6.07) is 23.1. The first kappa shape index (κ1) is 24.8. The number of amides is 1. The summed E-state index contributed by atoms with van der Waals surface area (Å²) < 4.78 is 7.20. The highest BCUT2D eigenvalue weighted by atomic mass is 35.5. The molecule has 6 nitrogen and oxygen atoms in total. The lowest BCUT2D eigenvalue weighted by atomic mass is 9.99. The van der Waals surface area contributed by atoms with Crippen molar-refractivity contribution in [1.29, 1.82) is 0 Å². The standard InChI is InChI=1S/C27H27ClN4O2S/c1-4-18(2)19-5-11-22(12-6-19)29-25(33)17-35-27-31-30-26(20-7-15-24(34-3)16-8-20)32(27)23-13-9-21(28)10-14-23/h5-16,18H,4,17H2,1-3H3,(H,29,33). The maximum atomic E-state index is 12.7. The van der Waals surface area contributed by atoms with Gasteiger partial charge in [-0.15, -0.1) is 10.2 Å². The molecule has 0 bridgehead atoms. The predicted molar refractivity (Wildman–Crippen MR) is 143 cm³/mol. The maximum absolute atomic E-state index is 12.7. The summed E-state index contributed by atoms with van der Waals surface area (Å²) in [5.41, 5.74) is 3.78. The highest BCUT2D eigenvalue weighted by Gasteiger charge is 2.18. The molecule has 0 radical (unpaired) electrons. The molecule has 1 aromatic heterocycles. The van der Waals surface area contributed by atoms with Crippen LogP contribution in [0.4, 0.5) is 5.69 Å². The van der Waals surface area contributed by atoms with E-state index in [1.54, 1.807) is 7.11 Å². The number of hydrogen-bond acceptors (Lipinski definition) is 5. The van der Waals surface area contributed by atoms with Crippen molar-refractivity contribution in [2.45, 2.75) is 31.3 Å². The van der Waals surface area contributed by atoms with E-state index in [1.165, 1.54) is 17.3 Å². The number of anilines is 1. The third-order valence-electron chi connectivity index (χ3n) is 5.77. The zero-order valence-electron chi connectivity index (χ0n) is 19.9. The minimum Gasteiger partial charge on any atom is -0.497 e. The molecule has 8 heteroatoms. The molecule has 0 aliphatic heterocycles. The second kappa shape index (κ2) is 11.4. The zero-order valence-corrected chi connectivity index (χ0v) is 21.4. The number of thioether (sulfide) groups is 1. The van der Waals surface area contributed by atoms with Crippen LogP contribution >= 0.6 is 23.4 Å². The van der Waals surface area contributed by atoms with Gasteiger partial charge in [0.15, 0.2) is 11.0 Å². The lowest BCUT2D eigenvalue weighted by Gasteiger charge is -2.12. The molecule has 1 atom stereocenters. The number of nitrogens with one attached hydrogen (secondary N) is 1. The molecule has 3 aromatic carbocycles. The summed E-state index contributed by atoms with van der Waals surface area (Å²) in [6.45, 7) is 4.36. The molecule has 1 N–H and O–H groups in total. The molecule has 0 aliphatic carbocycles. The number of ether oxygens (including phenoxy) is 1. The summed E-state index contributed by atoms with van der Waals surface area (Å²) in [4.78, 5) is 12.7. The lowest BCUT2D eigenvalue weighted by molar-refractivity contribution is -0.113. The molecule has 0 aliphatic rings. The zero-order chi connectivity index (χ0) is 24.8. The molecule has 0 fully saturated rings. The number of benzene rings is 3. The van der Waals surface area contributed by atoms with Gasteiger partial charge in [0.05, 0.1) is 12.9 Å². The van der Waals surface area contributed by atoms with Gasteiger partial charge in [0, 0.05) is 22.0 Å². The van der Waals surface area contributed by atoms with Crippen LogP contribution in [0.25, 0.3) is 17.1 Å². The Balaban J connectivity index is 1.53. The Labute approximate surface area is 214 Å². The second-order valence-electron chi connectivity index (χ2n) is 8.11. The smallest absolute Gasteiger partial charge is 0.234 e. The number of carbonyl (C=O) groups is 1. The number of nitrogens with zero attached hydrogens (tertiary/aromatic N) is 3. The third-order valence-corrected chi connectivity index (χ3v) is 6.96. The normalized spacial score (nSPS) is 11.8. The van der Waals surface area contributed by atoms with E-state index in [1.807, 2.05) is 65.2 Å². The van der Waals surface area contributed by atoms with Crippen LogP contribution in [0.3, 0.4) is 0 Å². The quantitative estimate of drug-likeness (QED) is 0.252. The summed E-state index contributed by atoms with van der Waals surface area (Å²) in [7, 11) is 1.63. The van der Waals surface area contributed by atoms with Crippen LogP contribution in [0.5, 0.6) is 5.75 Å². The molecule has 35 heavy (non-hydrogen) atoms. The van der Waals surface area contributed by atoms with Crippen molar-refractivity contribution in [3.05, 3.63) is 83.4 Å². The van der Waals surface area contributed by atoms with Crippen LogP contribution in [-0.2, 0) is 4.79 Å². The molecule has 0 saturated carbocycles. The summed E-state index contributed by atoms with van der Waals surface area (Å²) in [5.74, 6) is 2.01. The van der Waals surface area contributed by atoms with Crippen molar-refractivity contribution in [2.24, 2.45) is 0 Å². The minimum absolute atomic E-state index is 0.108. The van der Waals surface area contributed by atoms with Crippen LogP contribution in [0.2, 0.25) is 5.02 Å². The Hall–Kier alpha value is -3.29. The SMILES string of the molecule is CCC(C)c1ccc(NC(=O)CSc2nnc(-c3ccc(OC)cc3)n2-c2ccc(Cl)cc2)cc1. The Morgan fingerprint density at radius 3 is 2.34 bits per heavy atom. The van der Waals surface area contributed by atoms with Crippen LogP contribution in [0, 0.1) is 0 Å². The Morgan fingerprint density at radius 1 is 1.03 bits per heavy atom. The van der Waals surface area contributed by atoms with Crippen molar-refractivity contribution in [3.8, 4) is 22.8 Å². The van der Waals surface area contributed by atoms with E-state index in [2.05, 4.69) is 41.5 Å². The van der Waals surface area contributed by atoms with Gasteiger partial charge >= 0.3 is 0 Å². The van der Waals surface area contributed by atoms with Crippen LogP contribution in [0.15, 0.2) is 78.0 Å². The lowest BCUT2D eigenvalue weighted by Crippen LogP contribution is -2.14. The monoisotopic (exact) mass is 506 g/mol. The number of methoxy groups -OCH3 is 1. The first-order valence-electron chi connectivity index (χ1n) is 11.4. The number of rotatable bonds is 9. The molecule has 1 amide bonds. The van der Waals surface area contributed by atoms with E-state index in [-0.39, 0.29) is 11.7 Å². The van der Waals surface area contributed by atoms with E-state index in [9.17, 15) is 4.79 Å². The third kappa shape index (κ3) is 6.05. The molecule has 0 saturated heterocycles. The second-order valence-corrected chi connectivity index (χ2v) is 9.49. The number of carbonyl (C=O) groups excluding carboxylic acids is 1. The van der Waals surface area contributed by atoms with Crippen molar-refractivity contribution in [2.75, 3.05) is 18.2 Å². The molecular formula is C27H27ClN4O2S. The Bertz CT molecular complexity index is 1270. The molecule has 1 heterocycles. The molecule has 180 valence electrons. The average molecular weight is 507 g/mol. The van der Waals surface area contributed by atoms with E-state index >= 15 is 0 Å². The highest BCUT2D eigenvalue weighted by Crippen LogP contribution is 2.30. The molecule has 1 unspecified atom stereocenters. The molecule has 4 aromatic rings. The van der Waals surface area contributed by atoms with E-state index in [0.717, 1.165) is 29.1 Å². The predicted octanol–water partition coefficient (Wildman–Crippen LogP) is 6.84. The maximum Gasteiger partial charge on any atom is 0.234 e. The molecular weight excluding hydrogens is 480 g/mol. The van der Waals surface area contributed by atoms with Crippen molar-refractivity contribution >= 4 is 35.0 Å². The van der Waals surface area contributed by atoms with Gasteiger partial charge in [-0.1, -0.05) is 49.3 Å². The van der Waals surface area contributed by atoms with Gasteiger partial charge in [0.1, 0.15) is 5.75 Å². The average Bonchev–Trinajstić information content (AvgIpc) is 3.32. The van der Waals surface area contributed by atoms with Gasteiger partial charge in [0.25, 0.3) is 0 Å². The summed E-state index contributed by atoms with van der Waals surface area (Å²) in [5, 5.41) is 13.0. The van der Waals surface area contributed by atoms with Crippen LogP contribution < -0.4 is 10.1 Å².